The van der Waals surface area contributed by atoms with Crippen LogP contribution in [0, 0.1) is 39.9 Å². The third kappa shape index (κ3) is 36.2. The monoisotopic (exact) mass is 1320 g/mol. The summed E-state index contributed by atoms with van der Waals surface area (Å²) in [6.07, 6.45) is 1.15. The van der Waals surface area contributed by atoms with Crippen LogP contribution in [-0.2, 0) is 54.5 Å². The maximum atomic E-state index is 13.4. The van der Waals surface area contributed by atoms with Crippen molar-refractivity contribution in [3.8, 4) is 0 Å². The van der Waals surface area contributed by atoms with Crippen molar-refractivity contribution in [1.82, 2.24) is 60.0 Å². The summed E-state index contributed by atoms with van der Waals surface area (Å²) in [5.41, 5.74) is 0.733. The van der Waals surface area contributed by atoms with E-state index in [0.29, 0.717) is 45.3 Å². The number of benzene rings is 1. The first-order valence-corrected chi connectivity index (χ1v) is 27.7. The fraction of sp³-hybridized carbons (Fsp3) is 0.692. The van der Waals surface area contributed by atoms with Crippen molar-refractivity contribution in [3.63, 3.8) is 0 Å². The van der Waals surface area contributed by atoms with Gasteiger partial charge in [-0.2, -0.15) is 0 Å². The molecule has 30 nitrogen and oxygen atoms in total. The van der Waals surface area contributed by atoms with Gasteiger partial charge in [0.25, 0.3) is 0 Å². The zero-order chi connectivity index (χ0) is 60.2. The Morgan fingerprint density at radius 1 is 0.422 bits per heavy atom. The first-order valence-electron chi connectivity index (χ1n) is 27.7. The molecule has 2 heterocycles. The number of carbonyl (C=O) groups is 10. The first kappa shape index (κ1) is 73.8. The molecule has 83 heavy (non-hydrogen) atoms. The van der Waals surface area contributed by atoms with Gasteiger partial charge < -0.3 is 61.3 Å². The number of carboxylic acid groups (broad SMARTS) is 7. The number of nitrogens with zero attached hydrogens (tertiary/aromatic N) is 9. The van der Waals surface area contributed by atoms with E-state index < -0.39 is 53.9 Å². The molecule has 2 fully saturated rings. The number of hydrogen-bond acceptors (Lipinski definition) is 20. The van der Waals surface area contributed by atoms with Crippen molar-refractivity contribution < 1.29 is 128 Å². The van der Waals surface area contributed by atoms with Crippen LogP contribution in [0.1, 0.15) is 37.7 Å². The second-order valence-electron chi connectivity index (χ2n) is 20.4. The molecule has 1 atom stereocenters. The molecule has 3 rings (SSSR count). The van der Waals surface area contributed by atoms with Crippen molar-refractivity contribution in [1.29, 1.82) is 0 Å². The normalized spacial score (nSPS) is 17.2. The van der Waals surface area contributed by atoms with Crippen LogP contribution >= 0.6 is 0 Å². The number of ether oxygens (including phenoxy) is 1. The zero-order valence-electron chi connectivity index (χ0n) is 47.2. The second kappa shape index (κ2) is 42.5. The molecule has 10 N–H and O–H groups in total. The van der Waals surface area contributed by atoms with Crippen LogP contribution in [-0.4, -0.2) is 335 Å². The summed E-state index contributed by atoms with van der Waals surface area (Å²) in [6.45, 7) is 3.88. The van der Waals surface area contributed by atoms with Gasteiger partial charge in [-0.05, 0) is 57.3 Å². The number of unbranched alkanes of at least 4 members (excludes halogenated alkanes) is 1. The number of hydrogen-bond donors (Lipinski definition) is 10. The molecular formula is C52H86GdN12O18+3. The minimum atomic E-state index is -1.22. The van der Waals surface area contributed by atoms with E-state index in [2.05, 4.69) is 20.9 Å². The Bertz CT molecular complexity index is 2010. The number of nitrogens with one attached hydrogen (secondary N) is 3. The van der Waals surface area contributed by atoms with Crippen molar-refractivity contribution in [2.75, 3.05) is 190 Å². The minimum Gasteiger partial charge on any atom is -0.480 e. The molecular weight excluding hydrogens is 1240 g/mol. The molecule has 2 aliphatic rings. The van der Waals surface area contributed by atoms with Gasteiger partial charge in [0.15, 0.2) is 0 Å². The molecule has 1 radical (unpaired) electrons. The van der Waals surface area contributed by atoms with Crippen LogP contribution < -0.4 is 16.0 Å². The van der Waals surface area contributed by atoms with Crippen LogP contribution in [0.15, 0.2) is 30.3 Å². The number of amides is 3. The molecule has 3 amide bonds. The molecule has 0 bridgehead atoms. The number of carbonyl (C=O) groups excluding carboxylic acids is 3. The quantitative estimate of drug-likeness (QED) is 0.0310. The number of carboxylic acids is 7. The minimum absolute atomic E-state index is 0. The van der Waals surface area contributed by atoms with Gasteiger partial charge in [0.05, 0.1) is 52.4 Å². The number of alkyl carbamates (subject to hydrolysis) is 1. The van der Waals surface area contributed by atoms with E-state index >= 15 is 0 Å². The van der Waals surface area contributed by atoms with Crippen LogP contribution in [0.5, 0.6) is 0 Å². The predicted molar refractivity (Wildman–Crippen MR) is 294 cm³/mol. The molecule has 0 saturated carbocycles. The summed E-state index contributed by atoms with van der Waals surface area (Å²) in [4.78, 5) is 137. The fourth-order valence-electron chi connectivity index (χ4n) is 9.33. The van der Waals surface area contributed by atoms with Crippen molar-refractivity contribution in [2.45, 2.75) is 44.8 Å². The first-order chi connectivity index (χ1) is 39.1. The van der Waals surface area contributed by atoms with Crippen LogP contribution in [0.3, 0.4) is 0 Å². The summed E-state index contributed by atoms with van der Waals surface area (Å²) in [6, 6.07) is 7.71. The Balaban J connectivity index is 0.0000235. The third-order valence-corrected chi connectivity index (χ3v) is 13.7. The maximum Gasteiger partial charge on any atom is 3.00 e. The van der Waals surface area contributed by atoms with E-state index in [1.165, 1.54) is 0 Å². The van der Waals surface area contributed by atoms with E-state index in [4.69, 9.17) is 4.74 Å². The predicted octanol–water partition coefficient (Wildman–Crippen LogP) is -3.20. The molecule has 0 spiro atoms. The average Bonchev–Trinajstić information content (AvgIpc) is 3.40. The van der Waals surface area contributed by atoms with E-state index in [9.17, 15) is 83.7 Å². The van der Waals surface area contributed by atoms with Crippen LogP contribution in [0.25, 0.3) is 0 Å². The van der Waals surface area contributed by atoms with E-state index in [1.807, 2.05) is 15.9 Å². The Hall–Kier alpha value is -5.32. The Labute approximate surface area is 515 Å². The largest absolute Gasteiger partial charge is 3.00 e. The zero-order valence-corrected chi connectivity index (χ0v) is 49.5. The molecule has 1 aromatic carbocycles. The Morgan fingerprint density at radius 3 is 1.00 bits per heavy atom. The third-order valence-electron chi connectivity index (χ3n) is 13.7. The van der Waals surface area contributed by atoms with Gasteiger partial charge in [-0.1, -0.05) is 30.3 Å². The van der Waals surface area contributed by atoms with Crippen molar-refractivity contribution in [2.24, 2.45) is 0 Å². The van der Waals surface area contributed by atoms with Crippen molar-refractivity contribution in [3.05, 3.63) is 35.9 Å². The molecule has 31 heteroatoms. The van der Waals surface area contributed by atoms with Crippen LogP contribution in [0.4, 0.5) is 4.79 Å². The van der Waals surface area contributed by atoms with Gasteiger partial charge in [-0.15, -0.1) is 0 Å². The molecule has 1 unspecified atom stereocenters. The molecule has 2 aliphatic heterocycles. The van der Waals surface area contributed by atoms with Gasteiger partial charge >= 0.3 is 87.8 Å². The summed E-state index contributed by atoms with van der Waals surface area (Å²) >= 11 is 0. The van der Waals surface area contributed by atoms with Crippen LogP contribution in [0.2, 0.25) is 0 Å². The van der Waals surface area contributed by atoms with E-state index in [-0.39, 0.29) is 235 Å². The number of rotatable bonds is 33. The van der Waals surface area contributed by atoms with E-state index in [0.717, 1.165) is 5.56 Å². The summed E-state index contributed by atoms with van der Waals surface area (Å²) in [7, 11) is 0. The second-order valence-corrected chi connectivity index (χ2v) is 20.4. The molecule has 467 valence electrons. The van der Waals surface area contributed by atoms with Crippen molar-refractivity contribution >= 4 is 59.7 Å². The summed E-state index contributed by atoms with van der Waals surface area (Å²) in [5.74, 6) is -8.27. The van der Waals surface area contributed by atoms with Gasteiger partial charge in [0.2, 0.25) is 11.8 Å². The fourth-order valence-corrected chi connectivity index (χ4v) is 9.33. The van der Waals surface area contributed by atoms with Gasteiger partial charge in [0.1, 0.15) is 12.6 Å². The smallest absolute Gasteiger partial charge is 0.480 e. The average molecular weight is 1320 g/mol. The number of aliphatic carboxylic acids is 7. The van der Waals surface area contributed by atoms with E-state index in [1.54, 1.807) is 53.7 Å². The molecule has 0 aliphatic carbocycles. The van der Waals surface area contributed by atoms with Gasteiger partial charge in [-0.25, -0.2) is 9.59 Å². The standard InChI is InChI=1S/C52H86N12O18.Gd/c65-43(32-57-16-20-59(34-45(67)68)24-28-63(38-49(75)76)29-25-60(21-17-57)35-46(69)70)53-11-6-14-56(13-5-4-10-42(51(79)80)55-52(81)82-40-41-8-2-1-3-9-41)15-7-12-54-44(66)33-58-18-22-61(36-47(71)72)26-30-64(39-50(77)78)31-27-62(23-19-58)37-48(73)74;/h1-3,8-9,42H,4-7,10-40H2,(H,53,65)(H,54,66)(H,55,81)(H,67,68)(H,69,70)(H,71,72)(H,73,74)(H,75,76)(H,77,78)(H,79,80);/q;+3. The molecule has 0 aromatic heterocycles. The van der Waals surface area contributed by atoms with Gasteiger partial charge in [-0.3, -0.25) is 77.6 Å². The Kier molecular flexibility index (Phi) is 37.8. The Morgan fingerprint density at radius 2 is 0.711 bits per heavy atom. The topological polar surface area (TPSA) is 387 Å². The summed E-state index contributed by atoms with van der Waals surface area (Å²) < 4.78 is 5.23. The molecule has 1 aromatic rings. The van der Waals surface area contributed by atoms with Gasteiger partial charge in [0, 0.05) is 118 Å². The molecule has 2 saturated heterocycles. The SMILES string of the molecule is O=C(O)CN1CCN(CC(=O)O)CCN(CC(=O)NCCCN(CCCCC(NC(=O)OCc2ccccc2)C(=O)O)CCCNC(=O)CN2CCN(CC(=O)O)CCN(CC(=O)O)CCN(CC(=O)O)CC2)CCN(CC(=O)O)CC1.[Gd+3]. The maximum absolute atomic E-state index is 13.4. The summed E-state index contributed by atoms with van der Waals surface area (Å²) in [5, 5.41) is 75.5.